The number of nitrogens with one attached hydrogen (secondary N) is 1. The lowest BCUT2D eigenvalue weighted by atomic mass is 9.80. The number of carbonyl (C=O) groups is 3. The third-order valence-electron chi connectivity index (χ3n) is 4.45. The number of hydrogen-bond donors (Lipinski definition) is 2. The summed E-state index contributed by atoms with van der Waals surface area (Å²) in [5.41, 5.74) is -0.282. The number of amides is 1. The molecule has 1 fully saturated rings. The molecule has 1 saturated heterocycles. The first-order valence-electron chi connectivity index (χ1n) is 8.02. The van der Waals surface area contributed by atoms with E-state index in [2.05, 4.69) is 5.32 Å². The summed E-state index contributed by atoms with van der Waals surface area (Å²) >= 11 is 1.57. The third kappa shape index (κ3) is 4.42. The Bertz CT molecular complexity index is 631. The minimum Gasteiger partial charge on any atom is -0.481 e. The molecule has 2 rings (SSSR count). The van der Waals surface area contributed by atoms with Gasteiger partial charge in [-0.25, -0.2) is 0 Å². The van der Waals surface area contributed by atoms with Gasteiger partial charge in [-0.1, -0.05) is 0 Å². The zero-order chi connectivity index (χ0) is 17.7. The summed E-state index contributed by atoms with van der Waals surface area (Å²) in [6.45, 7) is 4.69. The highest BCUT2D eigenvalue weighted by Crippen LogP contribution is 2.30. The maximum Gasteiger partial charge on any atom is 0.311 e. The molecule has 6 nitrogen and oxygen atoms in total. The molecule has 1 aromatic rings. The van der Waals surface area contributed by atoms with Gasteiger partial charge in [0, 0.05) is 47.9 Å². The summed E-state index contributed by atoms with van der Waals surface area (Å²) in [6.07, 6.45) is 0.967. The molecule has 1 aliphatic rings. The highest BCUT2D eigenvalue weighted by Gasteiger charge is 2.40. The fourth-order valence-electron chi connectivity index (χ4n) is 2.85. The number of carbonyl (C=O) groups excluding carboxylic acids is 2. The molecule has 1 amide bonds. The molecule has 1 aliphatic heterocycles. The van der Waals surface area contributed by atoms with E-state index in [-0.39, 0.29) is 31.1 Å². The molecular formula is C17H23NO5S. The number of aryl methyl sites for hydroxylation is 2. The van der Waals surface area contributed by atoms with Crippen molar-refractivity contribution in [3.63, 3.8) is 0 Å². The molecule has 0 radical (unpaired) electrons. The first-order valence-corrected chi connectivity index (χ1v) is 8.84. The Kier molecular flexibility index (Phi) is 6.12. The Hall–Kier alpha value is -1.73. The number of ketones is 1. The second-order valence-electron chi connectivity index (χ2n) is 6.22. The molecule has 7 heteroatoms. The number of hydrogen-bond acceptors (Lipinski definition) is 5. The number of carboxylic acid groups (broad SMARTS) is 1. The van der Waals surface area contributed by atoms with Crippen LogP contribution in [0.5, 0.6) is 0 Å². The van der Waals surface area contributed by atoms with Gasteiger partial charge in [0.1, 0.15) is 0 Å². The number of aliphatic carboxylic acids is 1. The Morgan fingerprint density at radius 1 is 1.25 bits per heavy atom. The van der Waals surface area contributed by atoms with Gasteiger partial charge in [0.25, 0.3) is 0 Å². The van der Waals surface area contributed by atoms with Crippen molar-refractivity contribution in [3.8, 4) is 0 Å². The third-order valence-corrected chi connectivity index (χ3v) is 5.41. The molecule has 0 aromatic carbocycles. The molecule has 0 saturated carbocycles. The predicted molar refractivity (Wildman–Crippen MR) is 90.5 cm³/mol. The molecule has 132 valence electrons. The predicted octanol–water partition coefficient (Wildman–Crippen LogP) is 2.33. The van der Waals surface area contributed by atoms with Crippen LogP contribution in [-0.4, -0.2) is 42.5 Å². The van der Waals surface area contributed by atoms with Crippen molar-refractivity contribution in [2.24, 2.45) is 5.41 Å². The van der Waals surface area contributed by atoms with Crippen LogP contribution in [-0.2, 0) is 14.3 Å². The van der Waals surface area contributed by atoms with Gasteiger partial charge in [-0.05, 0) is 32.8 Å². The fraction of sp³-hybridized carbons (Fsp3) is 0.588. The van der Waals surface area contributed by atoms with Gasteiger partial charge >= 0.3 is 5.97 Å². The van der Waals surface area contributed by atoms with Gasteiger partial charge in [-0.2, -0.15) is 0 Å². The van der Waals surface area contributed by atoms with E-state index in [1.54, 1.807) is 11.3 Å². The number of Topliss-reactive ketones (excluding diaryl/α,β-unsaturated/α-hetero) is 1. The standard InChI is InChI=1S/C17H23NO5S/c1-11-9-13(12(2)24-11)14(19)3-4-15(20)18-10-17(16(21)22)5-7-23-8-6-17/h9H,3-8,10H2,1-2H3,(H,18,20)(H,21,22). The number of rotatable bonds is 7. The van der Waals surface area contributed by atoms with Crippen LogP contribution in [0.3, 0.4) is 0 Å². The lowest BCUT2D eigenvalue weighted by molar-refractivity contribution is -0.154. The summed E-state index contributed by atoms with van der Waals surface area (Å²) in [5.74, 6) is -1.25. The zero-order valence-corrected chi connectivity index (χ0v) is 14.8. The zero-order valence-electron chi connectivity index (χ0n) is 14.0. The van der Waals surface area contributed by atoms with Crippen LogP contribution in [0.15, 0.2) is 6.07 Å². The largest absolute Gasteiger partial charge is 0.481 e. The number of ether oxygens (including phenoxy) is 1. The Balaban J connectivity index is 1.83. The molecule has 0 aliphatic carbocycles. The molecule has 24 heavy (non-hydrogen) atoms. The van der Waals surface area contributed by atoms with Gasteiger partial charge < -0.3 is 15.2 Å². The first-order chi connectivity index (χ1) is 11.3. The summed E-state index contributed by atoms with van der Waals surface area (Å²) in [7, 11) is 0. The molecule has 2 heterocycles. The SMILES string of the molecule is Cc1cc(C(=O)CCC(=O)NCC2(C(=O)O)CCOCC2)c(C)s1. The van der Waals surface area contributed by atoms with Crippen LogP contribution in [0.25, 0.3) is 0 Å². The summed E-state index contributed by atoms with van der Waals surface area (Å²) in [5, 5.41) is 12.1. The quantitative estimate of drug-likeness (QED) is 0.734. The topological polar surface area (TPSA) is 92.7 Å². The van der Waals surface area contributed by atoms with E-state index in [4.69, 9.17) is 4.74 Å². The highest BCUT2D eigenvalue weighted by molar-refractivity contribution is 7.12. The van der Waals surface area contributed by atoms with Crippen molar-refractivity contribution in [2.75, 3.05) is 19.8 Å². The van der Waals surface area contributed by atoms with E-state index < -0.39 is 11.4 Å². The van der Waals surface area contributed by atoms with E-state index in [1.165, 1.54) is 0 Å². The highest BCUT2D eigenvalue weighted by atomic mass is 32.1. The van der Waals surface area contributed by atoms with Crippen molar-refractivity contribution in [2.45, 2.75) is 39.5 Å². The van der Waals surface area contributed by atoms with E-state index in [0.717, 1.165) is 9.75 Å². The maximum absolute atomic E-state index is 12.2. The lowest BCUT2D eigenvalue weighted by Crippen LogP contribution is -2.46. The lowest BCUT2D eigenvalue weighted by Gasteiger charge is -2.33. The van der Waals surface area contributed by atoms with Crippen molar-refractivity contribution in [1.29, 1.82) is 0 Å². The first kappa shape index (κ1) is 18.6. The Morgan fingerprint density at radius 3 is 2.46 bits per heavy atom. The van der Waals surface area contributed by atoms with Crippen LogP contribution in [0.1, 0.15) is 45.8 Å². The van der Waals surface area contributed by atoms with Crippen molar-refractivity contribution in [3.05, 3.63) is 21.4 Å². The Morgan fingerprint density at radius 2 is 1.92 bits per heavy atom. The normalized spacial score (nSPS) is 16.6. The molecule has 0 bridgehead atoms. The van der Waals surface area contributed by atoms with Crippen molar-refractivity contribution in [1.82, 2.24) is 5.32 Å². The van der Waals surface area contributed by atoms with Crippen LogP contribution in [0.2, 0.25) is 0 Å². The van der Waals surface area contributed by atoms with E-state index in [0.29, 0.717) is 31.6 Å². The summed E-state index contributed by atoms with van der Waals surface area (Å²) < 4.78 is 5.20. The average molecular weight is 353 g/mol. The molecule has 0 unspecified atom stereocenters. The monoisotopic (exact) mass is 353 g/mol. The second kappa shape index (κ2) is 7.90. The van der Waals surface area contributed by atoms with E-state index in [1.807, 2.05) is 19.9 Å². The molecule has 0 spiro atoms. The summed E-state index contributed by atoms with van der Waals surface area (Å²) in [4.78, 5) is 37.7. The number of thiophene rings is 1. The molecule has 1 aromatic heterocycles. The van der Waals surface area contributed by atoms with Crippen molar-refractivity contribution >= 4 is 29.0 Å². The minimum absolute atomic E-state index is 0.0500. The van der Waals surface area contributed by atoms with Crippen LogP contribution in [0.4, 0.5) is 0 Å². The average Bonchev–Trinajstić information content (AvgIpc) is 2.90. The van der Waals surface area contributed by atoms with Gasteiger partial charge in [-0.15, -0.1) is 11.3 Å². The van der Waals surface area contributed by atoms with Crippen molar-refractivity contribution < 1.29 is 24.2 Å². The van der Waals surface area contributed by atoms with Crippen LogP contribution >= 0.6 is 11.3 Å². The van der Waals surface area contributed by atoms with Crippen LogP contribution < -0.4 is 5.32 Å². The second-order valence-corrected chi connectivity index (χ2v) is 7.69. The maximum atomic E-state index is 12.2. The van der Waals surface area contributed by atoms with Crippen LogP contribution in [0, 0.1) is 19.3 Å². The molecule has 2 N–H and O–H groups in total. The fourth-order valence-corrected chi connectivity index (χ4v) is 3.80. The van der Waals surface area contributed by atoms with Gasteiger partial charge in [0.15, 0.2) is 5.78 Å². The molecular weight excluding hydrogens is 330 g/mol. The van der Waals surface area contributed by atoms with Gasteiger partial charge in [0.2, 0.25) is 5.91 Å². The minimum atomic E-state index is -0.959. The molecule has 0 atom stereocenters. The van der Waals surface area contributed by atoms with E-state index >= 15 is 0 Å². The van der Waals surface area contributed by atoms with E-state index in [9.17, 15) is 19.5 Å². The Labute approximate surface area is 145 Å². The smallest absolute Gasteiger partial charge is 0.311 e. The van der Waals surface area contributed by atoms with Gasteiger partial charge in [-0.3, -0.25) is 14.4 Å². The number of carboxylic acids is 1. The summed E-state index contributed by atoms with van der Waals surface area (Å²) in [6, 6.07) is 1.85. The van der Waals surface area contributed by atoms with Gasteiger partial charge in [0.05, 0.1) is 5.41 Å².